The molecular weight excluding hydrogens is 314 g/mol. The zero-order valence-corrected chi connectivity index (χ0v) is 13.2. The van der Waals surface area contributed by atoms with E-state index in [1.165, 1.54) is 0 Å². The lowest BCUT2D eigenvalue weighted by Gasteiger charge is -2.08. The lowest BCUT2D eigenvalue weighted by molar-refractivity contribution is 0.111. The third kappa shape index (κ3) is 2.35. The first-order valence-corrected chi connectivity index (χ1v) is 7.79. The van der Waals surface area contributed by atoms with E-state index in [1.807, 2.05) is 36.4 Å². The summed E-state index contributed by atoms with van der Waals surface area (Å²) < 4.78 is 2.06. The van der Waals surface area contributed by atoms with E-state index in [2.05, 4.69) is 4.57 Å². The van der Waals surface area contributed by atoms with Gasteiger partial charge < -0.3 is 4.57 Å². The van der Waals surface area contributed by atoms with Gasteiger partial charge in [-0.25, -0.2) is 0 Å². The molecule has 0 unspecified atom stereocenters. The summed E-state index contributed by atoms with van der Waals surface area (Å²) in [7, 11) is 0. The van der Waals surface area contributed by atoms with Gasteiger partial charge >= 0.3 is 0 Å². The number of carbonyl (C=O) groups excluding carboxylic acids is 3. The van der Waals surface area contributed by atoms with Crippen LogP contribution in [0.25, 0.3) is 27.5 Å². The maximum absolute atomic E-state index is 11.2. The number of aldehydes is 3. The van der Waals surface area contributed by atoms with Crippen molar-refractivity contribution >= 4 is 40.7 Å². The molecule has 0 N–H and O–H groups in total. The van der Waals surface area contributed by atoms with Gasteiger partial charge in [-0.05, 0) is 60.7 Å². The lowest BCUT2D eigenvalue weighted by Crippen LogP contribution is -1.94. The molecule has 0 fully saturated rings. The summed E-state index contributed by atoms with van der Waals surface area (Å²) in [6, 6.07) is 18.3. The molecule has 4 aromatic rings. The minimum absolute atomic E-state index is 0.583. The van der Waals surface area contributed by atoms with Gasteiger partial charge in [0.05, 0.1) is 11.0 Å². The summed E-state index contributed by atoms with van der Waals surface area (Å²) >= 11 is 0. The average molecular weight is 327 g/mol. The molecule has 0 saturated carbocycles. The maximum atomic E-state index is 11.2. The van der Waals surface area contributed by atoms with Gasteiger partial charge in [-0.2, -0.15) is 0 Å². The summed E-state index contributed by atoms with van der Waals surface area (Å²) in [6.45, 7) is 0. The van der Waals surface area contributed by atoms with Crippen LogP contribution in [0.2, 0.25) is 0 Å². The van der Waals surface area contributed by atoms with Gasteiger partial charge in [-0.3, -0.25) is 14.4 Å². The summed E-state index contributed by atoms with van der Waals surface area (Å²) in [4.78, 5) is 33.2. The van der Waals surface area contributed by atoms with Gasteiger partial charge in [0.2, 0.25) is 0 Å². The van der Waals surface area contributed by atoms with Crippen molar-refractivity contribution in [2.75, 3.05) is 0 Å². The highest BCUT2D eigenvalue weighted by Gasteiger charge is 2.13. The molecule has 0 amide bonds. The Morgan fingerprint density at radius 2 is 1.00 bits per heavy atom. The number of nitrogens with zero attached hydrogens (tertiary/aromatic N) is 1. The zero-order valence-electron chi connectivity index (χ0n) is 13.2. The first-order valence-electron chi connectivity index (χ1n) is 7.79. The van der Waals surface area contributed by atoms with Crippen LogP contribution in [0.5, 0.6) is 0 Å². The summed E-state index contributed by atoms with van der Waals surface area (Å²) in [5, 5.41) is 1.81. The molecule has 0 saturated heterocycles. The van der Waals surface area contributed by atoms with E-state index in [9.17, 15) is 14.4 Å². The van der Waals surface area contributed by atoms with Crippen molar-refractivity contribution in [1.29, 1.82) is 0 Å². The predicted molar refractivity (Wildman–Crippen MR) is 96.9 cm³/mol. The number of hydrogen-bond acceptors (Lipinski definition) is 3. The highest BCUT2D eigenvalue weighted by molar-refractivity contribution is 6.11. The van der Waals surface area contributed by atoms with Crippen molar-refractivity contribution in [2.24, 2.45) is 0 Å². The van der Waals surface area contributed by atoms with E-state index in [-0.39, 0.29) is 0 Å². The quantitative estimate of drug-likeness (QED) is 0.527. The van der Waals surface area contributed by atoms with Gasteiger partial charge in [0.25, 0.3) is 0 Å². The maximum Gasteiger partial charge on any atom is 0.150 e. The van der Waals surface area contributed by atoms with Crippen molar-refractivity contribution < 1.29 is 14.4 Å². The Bertz CT molecular complexity index is 1070. The molecule has 1 heterocycles. The predicted octanol–water partition coefficient (Wildman–Crippen LogP) is 4.22. The van der Waals surface area contributed by atoms with Crippen LogP contribution in [-0.2, 0) is 0 Å². The molecule has 0 aliphatic carbocycles. The largest absolute Gasteiger partial charge is 0.309 e. The molecule has 0 atom stereocenters. The second-order valence-electron chi connectivity index (χ2n) is 5.83. The van der Waals surface area contributed by atoms with Crippen LogP contribution in [0, 0.1) is 0 Å². The number of fused-ring (bicyclic) bond motifs is 3. The number of aromatic nitrogens is 1. The van der Waals surface area contributed by atoms with Crippen molar-refractivity contribution in [1.82, 2.24) is 4.57 Å². The Labute approximate surface area is 143 Å². The fourth-order valence-electron chi connectivity index (χ4n) is 3.19. The Kier molecular flexibility index (Phi) is 3.51. The van der Waals surface area contributed by atoms with Crippen molar-refractivity contribution in [2.45, 2.75) is 0 Å². The van der Waals surface area contributed by atoms with Gasteiger partial charge in [0, 0.05) is 33.2 Å². The minimum atomic E-state index is 0.583. The number of benzene rings is 3. The molecule has 0 aliphatic heterocycles. The van der Waals surface area contributed by atoms with Crippen LogP contribution in [0.15, 0.2) is 60.7 Å². The first kappa shape index (κ1) is 15.0. The molecule has 0 spiro atoms. The highest BCUT2D eigenvalue weighted by atomic mass is 16.1. The van der Waals surface area contributed by atoms with Crippen molar-refractivity contribution in [3.63, 3.8) is 0 Å². The smallest absolute Gasteiger partial charge is 0.150 e. The van der Waals surface area contributed by atoms with E-state index in [0.29, 0.717) is 16.7 Å². The van der Waals surface area contributed by atoms with Gasteiger partial charge in [-0.15, -0.1) is 0 Å². The van der Waals surface area contributed by atoms with Crippen molar-refractivity contribution in [3.8, 4) is 5.69 Å². The van der Waals surface area contributed by atoms with Crippen LogP contribution in [0.1, 0.15) is 31.1 Å². The third-order valence-electron chi connectivity index (χ3n) is 4.37. The second-order valence-corrected chi connectivity index (χ2v) is 5.83. The molecule has 4 nitrogen and oxygen atoms in total. The molecule has 3 aromatic carbocycles. The Hall–Kier alpha value is -3.53. The van der Waals surface area contributed by atoms with E-state index in [1.54, 1.807) is 24.3 Å². The molecule has 0 bridgehead atoms. The monoisotopic (exact) mass is 327 g/mol. The van der Waals surface area contributed by atoms with Crippen LogP contribution in [-0.4, -0.2) is 23.4 Å². The third-order valence-corrected chi connectivity index (χ3v) is 4.37. The fraction of sp³-hybridized carbons (Fsp3) is 0. The summed E-state index contributed by atoms with van der Waals surface area (Å²) in [5.41, 5.74) is 4.54. The molecule has 0 radical (unpaired) electrons. The van der Waals surface area contributed by atoms with Gasteiger partial charge in [0.15, 0.2) is 0 Å². The zero-order chi connectivity index (χ0) is 17.4. The first-order chi connectivity index (χ1) is 12.2. The molecule has 4 heteroatoms. The Morgan fingerprint density at radius 1 is 0.560 bits per heavy atom. The van der Waals surface area contributed by atoms with Crippen LogP contribution in [0.4, 0.5) is 0 Å². The minimum Gasteiger partial charge on any atom is -0.309 e. The van der Waals surface area contributed by atoms with Crippen LogP contribution >= 0.6 is 0 Å². The fourth-order valence-corrected chi connectivity index (χ4v) is 3.19. The normalized spacial score (nSPS) is 10.9. The van der Waals surface area contributed by atoms with E-state index < -0.39 is 0 Å². The second kappa shape index (κ2) is 5.83. The SMILES string of the molecule is O=Cc1ccc(-n2c3ccc(C=O)cc3c3cc(C=O)ccc32)cc1. The average Bonchev–Trinajstić information content (AvgIpc) is 3.00. The summed E-state index contributed by atoms with van der Waals surface area (Å²) in [5.74, 6) is 0. The van der Waals surface area contributed by atoms with E-state index >= 15 is 0 Å². The number of carbonyl (C=O) groups is 3. The lowest BCUT2D eigenvalue weighted by atomic mass is 10.1. The van der Waals surface area contributed by atoms with Gasteiger partial charge in [0.1, 0.15) is 18.9 Å². The molecule has 25 heavy (non-hydrogen) atoms. The van der Waals surface area contributed by atoms with Crippen LogP contribution in [0.3, 0.4) is 0 Å². The number of rotatable bonds is 4. The van der Waals surface area contributed by atoms with Crippen LogP contribution < -0.4 is 0 Å². The Balaban J connectivity index is 2.11. The standard InChI is InChI=1S/C21H13NO3/c23-11-14-1-5-17(6-2-14)22-20-7-3-15(12-24)9-18(20)19-10-16(13-25)4-8-21(19)22/h1-13H. The highest BCUT2D eigenvalue weighted by Crippen LogP contribution is 2.33. The topological polar surface area (TPSA) is 56.1 Å². The molecular formula is C21H13NO3. The molecule has 4 rings (SSSR count). The number of hydrogen-bond donors (Lipinski definition) is 0. The van der Waals surface area contributed by atoms with Crippen molar-refractivity contribution in [3.05, 3.63) is 77.4 Å². The molecule has 120 valence electrons. The Morgan fingerprint density at radius 3 is 1.44 bits per heavy atom. The van der Waals surface area contributed by atoms with Gasteiger partial charge in [-0.1, -0.05) is 0 Å². The molecule has 1 aromatic heterocycles. The van der Waals surface area contributed by atoms with E-state index in [0.717, 1.165) is 46.4 Å². The van der Waals surface area contributed by atoms with E-state index in [4.69, 9.17) is 0 Å². The summed E-state index contributed by atoms with van der Waals surface area (Å²) in [6.07, 6.45) is 2.43. The molecule has 0 aliphatic rings.